The molecule has 0 radical (unpaired) electrons. The Bertz CT molecular complexity index is 276. The van der Waals surface area contributed by atoms with Gasteiger partial charge in [-0.3, -0.25) is 9.59 Å². The molecule has 0 spiro atoms. The van der Waals surface area contributed by atoms with E-state index in [4.69, 9.17) is 0 Å². The van der Waals surface area contributed by atoms with E-state index in [0.717, 1.165) is 12.8 Å². The highest BCUT2D eigenvalue weighted by Gasteiger charge is 2.76. The Balaban J connectivity index is 1.89. The topological polar surface area (TPSA) is 34.1 Å². The molecule has 12 heavy (non-hydrogen) atoms. The first kappa shape index (κ1) is 5.90. The average molecular weight is 162 g/mol. The molecule has 0 saturated heterocycles. The molecule has 0 aromatic rings. The summed E-state index contributed by atoms with van der Waals surface area (Å²) in [5, 5.41) is 0. The predicted molar refractivity (Wildman–Crippen MR) is 40.2 cm³/mol. The molecule has 4 saturated carbocycles. The van der Waals surface area contributed by atoms with Crippen molar-refractivity contribution in [1.29, 1.82) is 0 Å². The highest BCUT2D eigenvalue weighted by molar-refractivity contribution is 5.98. The van der Waals surface area contributed by atoms with Crippen LogP contribution in [-0.4, -0.2) is 11.6 Å². The third-order valence-electron chi connectivity index (χ3n) is 4.82. The van der Waals surface area contributed by atoms with E-state index in [1.165, 1.54) is 0 Å². The van der Waals surface area contributed by atoms with E-state index in [9.17, 15) is 9.59 Å². The van der Waals surface area contributed by atoms with Crippen molar-refractivity contribution >= 4 is 11.6 Å². The van der Waals surface area contributed by atoms with Crippen LogP contribution >= 0.6 is 0 Å². The van der Waals surface area contributed by atoms with Gasteiger partial charge in [0.15, 0.2) is 0 Å². The minimum atomic E-state index is 0.200. The maximum atomic E-state index is 11.5. The van der Waals surface area contributed by atoms with Crippen molar-refractivity contribution in [3.63, 3.8) is 0 Å². The molecule has 4 fully saturated rings. The van der Waals surface area contributed by atoms with Gasteiger partial charge in [0, 0.05) is 24.7 Å². The number of rotatable bonds is 0. The lowest BCUT2D eigenvalue weighted by atomic mass is 9.45. The lowest BCUT2D eigenvalue weighted by molar-refractivity contribution is -0.153. The monoisotopic (exact) mass is 162 g/mol. The third-order valence-corrected chi connectivity index (χ3v) is 4.82. The minimum Gasteiger partial charge on any atom is -0.299 e. The second-order valence-corrected chi connectivity index (χ2v) is 4.87. The van der Waals surface area contributed by atoms with Crippen LogP contribution < -0.4 is 0 Å². The summed E-state index contributed by atoms with van der Waals surface area (Å²) in [7, 11) is 0. The average Bonchev–Trinajstić information content (AvgIpc) is 2.16. The predicted octanol–water partition coefficient (Wildman–Crippen LogP) is 0.656. The maximum Gasteiger partial charge on any atom is 0.137 e. The summed E-state index contributed by atoms with van der Waals surface area (Å²) in [6.07, 6.45) is 1.61. The van der Waals surface area contributed by atoms with Gasteiger partial charge in [0.25, 0.3) is 0 Å². The van der Waals surface area contributed by atoms with Gasteiger partial charge in [-0.1, -0.05) is 0 Å². The summed E-state index contributed by atoms with van der Waals surface area (Å²) in [6.45, 7) is 0. The molecule has 4 aliphatic carbocycles. The number of hydrogen-bond donors (Lipinski definition) is 0. The lowest BCUT2D eigenvalue weighted by Crippen LogP contribution is -2.57. The number of carbonyl (C=O) groups excluding carboxylic acids is 2. The molecule has 0 bridgehead atoms. The Morgan fingerprint density at radius 1 is 0.833 bits per heavy atom. The molecule has 0 N–H and O–H groups in total. The summed E-state index contributed by atoms with van der Waals surface area (Å²) in [6, 6.07) is 0. The van der Waals surface area contributed by atoms with Gasteiger partial charge in [0.05, 0.1) is 0 Å². The SMILES string of the molecule is O=C1C[C@@H]2[C@@H]3CC(=O)[C@H]4[C@@H]1[C@@H]2[C@@H]34. The second kappa shape index (κ2) is 1.40. The molecule has 2 heteroatoms. The van der Waals surface area contributed by atoms with Crippen LogP contribution in [0.2, 0.25) is 0 Å². The molecule has 0 aromatic carbocycles. The Morgan fingerprint density at radius 2 is 1.25 bits per heavy atom. The third kappa shape index (κ3) is 0.346. The van der Waals surface area contributed by atoms with E-state index >= 15 is 0 Å². The van der Waals surface area contributed by atoms with Gasteiger partial charge in [-0.25, -0.2) is 0 Å². The van der Waals surface area contributed by atoms with Gasteiger partial charge in [0.1, 0.15) is 11.6 Å². The fourth-order valence-corrected chi connectivity index (χ4v) is 4.48. The van der Waals surface area contributed by atoms with E-state index in [1.54, 1.807) is 0 Å². The highest BCUT2D eigenvalue weighted by Crippen LogP contribution is 2.74. The van der Waals surface area contributed by atoms with Gasteiger partial charge in [-0.05, 0) is 23.7 Å². The van der Waals surface area contributed by atoms with Crippen molar-refractivity contribution in [3.05, 3.63) is 0 Å². The van der Waals surface area contributed by atoms with Crippen LogP contribution in [0.15, 0.2) is 0 Å². The number of carbonyl (C=O) groups is 2. The van der Waals surface area contributed by atoms with Gasteiger partial charge < -0.3 is 0 Å². The molecular formula is C10H10O2. The van der Waals surface area contributed by atoms with E-state index < -0.39 is 0 Å². The van der Waals surface area contributed by atoms with Gasteiger partial charge in [-0.15, -0.1) is 0 Å². The summed E-state index contributed by atoms with van der Waals surface area (Å²) >= 11 is 0. The quantitative estimate of drug-likeness (QED) is 0.524. The molecule has 0 aromatic heterocycles. The van der Waals surface area contributed by atoms with Crippen LogP contribution in [0, 0.1) is 35.5 Å². The first-order valence-electron chi connectivity index (χ1n) is 4.84. The fraction of sp³-hybridized carbons (Fsp3) is 0.800. The van der Waals surface area contributed by atoms with E-state index in [1.807, 2.05) is 0 Å². The largest absolute Gasteiger partial charge is 0.299 e. The molecule has 2 nitrogen and oxygen atoms in total. The minimum absolute atomic E-state index is 0.200. The van der Waals surface area contributed by atoms with Crippen LogP contribution in [0.3, 0.4) is 0 Å². The van der Waals surface area contributed by atoms with Crippen molar-refractivity contribution < 1.29 is 9.59 Å². The standard InChI is InChI=1S/C10H10O2/c11-5-1-3-4-2-6(12)10-8(4)7(3)9(5)10/h3-4,7-10H,1-2H2/t3-,4+,7+,8-,9+,10-. The van der Waals surface area contributed by atoms with Crippen LogP contribution in [-0.2, 0) is 9.59 Å². The van der Waals surface area contributed by atoms with E-state index in [0.29, 0.717) is 35.2 Å². The van der Waals surface area contributed by atoms with Gasteiger partial charge in [0.2, 0.25) is 0 Å². The van der Waals surface area contributed by atoms with Crippen LogP contribution in [0.4, 0.5) is 0 Å². The van der Waals surface area contributed by atoms with Crippen molar-refractivity contribution in [2.45, 2.75) is 12.8 Å². The van der Waals surface area contributed by atoms with Gasteiger partial charge >= 0.3 is 0 Å². The molecule has 0 unspecified atom stereocenters. The molecule has 4 aliphatic rings. The van der Waals surface area contributed by atoms with Crippen LogP contribution in [0.5, 0.6) is 0 Å². The number of fused-ring (bicyclic) bond motifs is 2. The summed E-state index contributed by atoms with van der Waals surface area (Å²) in [5.74, 6) is 3.81. The maximum absolute atomic E-state index is 11.5. The fourth-order valence-electron chi connectivity index (χ4n) is 4.48. The molecule has 62 valence electrons. The zero-order chi connectivity index (χ0) is 8.03. The first-order chi connectivity index (χ1) is 5.79. The number of hydrogen-bond acceptors (Lipinski definition) is 2. The van der Waals surface area contributed by atoms with Gasteiger partial charge in [-0.2, -0.15) is 0 Å². The van der Waals surface area contributed by atoms with Crippen molar-refractivity contribution in [2.75, 3.05) is 0 Å². The van der Waals surface area contributed by atoms with E-state index in [2.05, 4.69) is 0 Å². The molecule has 6 atom stereocenters. The van der Waals surface area contributed by atoms with E-state index in [-0.39, 0.29) is 11.8 Å². The smallest absolute Gasteiger partial charge is 0.137 e. The second-order valence-electron chi connectivity index (χ2n) is 4.87. The normalized spacial score (nSPS) is 64.3. The lowest BCUT2D eigenvalue weighted by Gasteiger charge is -2.57. The number of ketones is 2. The zero-order valence-corrected chi connectivity index (χ0v) is 6.69. The number of Topliss-reactive ketones (excluding diaryl/α,β-unsaturated/α-hetero) is 2. The van der Waals surface area contributed by atoms with Crippen LogP contribution in [0.1, 0.15) is 12.8 Å². The Hall–Kier alpha value is -0.660. The first-order valence-corrected chi connectivity index (χ1v) is 4.84. The van der Waals surface area contributed by atoms with Crippen molar-refractivity contribution in [3.8, 4) is 0 Å². The molecular weight excluding hydrogens is 152 g/mol. The molecule has 0 amide bonds. The van der Waals surface area contributed by atoms with Crippen molar-refractivity contribution in [2.24, 2.45) is 35.5 Å². The summed E-state index contributed by atoms with van der Waals surface area (Å²) in [5.41, 5.74) is 0. The molecule has 4 rings (SSSR count). The Morgan fingerprint density at radius 3 is 1.67 bits per heavy atom. The Labute approximate surface area is 70.3 Å². The van der Waals surface area contributed by atoms with Crippen molar-refractivity contribution in [1.82, 2.24) is 0 Å². The molecule has 0 aliphatic heterocycles. The summed E-state index contributed by atoms with van der Waals surface area (Å²) < 4.78 is 0. The highest BCUT2D eigenvalue weighted by atomic mass is 16.1. The summed E-state index contributed by atoms with van der Waals surface area (Å²) in [4.78, 5) is 22.9. The Kier molecular flexibility index (Phi) is 0.690. The zero-order valence-electron chi connectivity index (χ0n) is 6.69. The molecule has 0 heterocycles. The van der Waals surface area contributed by atoms with Crippen LogP contribution in [0.25, 0.3) is 0 Å².